The minimum Gasteiger partial charge on any atom is -0.375 e. The quantitative estimate of drug-likeness (QED) is 0.464. The normalized spacial score (nSPS) is 12.9. The van der Waals surface area contributed by atoms with Crippen LogP contribution in [-0.4, -0.2) is 31.1 Å². The topological polar surface area (TPSA) is 162 Å². The van der Waals surface area contributed by atoms with Crippen molar-refractivity contribution in [2.24, 2.45) is 5.16 Å². The summed E-state index contributed by atoms with van der Waals surface area (Å²) in [6, 6.07) is 0. The Bertz CT molecular complexity index is 781. The summed E-state index contributed by atoms with van der Waals surface area (Å²) in [5, 5.41) is 16.0. The first-order valence-corrected chi connectivity index (χ1v) is 7.08. The van der Waals surface area contributed by atoms with Gasteiger partial charge < -0.3 is 20.7 Å². The van der Waals surface area contributed by atoms with Gasteiger partial charge in [0.1, 0.15) is 11.9 Å². The number of nitrogens with zero attached hydrogens (tertiary/aromatic N) is 5. The van der Waals surface area contributed by atoms with Crippen molar-refractivity contribution in [2.45, 2.75) is 20.1 Å². The number of rotatable bonds is 6. The molecular weight excluding hydrogens is 326 g/mol. The number of nitrogens with two attached hydrogens (primary N) is 1. The summed E-state index contributed by atoms with van der Waals surface area (Å²) in [7, 11) is 0. The lowest BCUT2D eigenvalue weighted by atomic mass is 10.3. The fraction of sp³-hybridized carbons (Fsp3) is 0.273. The number of amides is 1. The van der Waals surface area contributed by atoms with E-state index in [4.69, 9.17) is 16.3 Å². The highest BCUT2D eigenvalue weighted by atomic mass is 32.1. The predicted octanol–water partition coefficient (Wildman–Crippen LogP) is 0.887. The third kappa shape index (κ3) is 3.60. The van der Waals surface area contributed by atoms with Crippen LogP contribution in [0.4, 0.5) is 10.9 Å². The Kier molecular flexibility index (Phi) is 4.55. The van der Waals surface area contributed by atoms with Crippen LogP contribution in [-0.2, 0) is 9.63 Å². The van der Waals surface area contributed by atoms with E-state index in [0.29, 0.717) is 5.82 Å². The minimum absolute atomic E-state index is 0.132. The first-order chi connectivity index (χ1) is 10.8. The lowest BCUT2D eigenvalue weighted by Crippen LogP contribution is -2.18. The predicted molar refractivity (Wildman–Crippen MR) is 80.6 cm³/mol. The van der Waals surface area contributed by atoms with Crippen molar-refractivity contribution in [3.05, 3.63) is 33.2 Å². The standard InChI is InChI=1S/C11H12N7O4S/c1-5-14-8(18(20)21)3-17(5)6(2)22-16-9(10(12)19)7-4-23-11(13)15-7/h3-4,6,12H,1-2H3,(H2,13,15)/b16-9-. The van der Waals surface area contributed by atoms with Crippen LogP contribution >= 0.6 is 11.3 Å². The van der Waals surface area contributed by atoms with Crippen molar-refractivity contribution >= 4 is 33.9 Å². The molecule has 0 aliphatic heterocycles. The molecule has 0 aliphatic carbocycles. The molecular formula is C11H12N7O4S. The van der Waals surface area contributed by atoms with E-state index in [9.17, 15) is 14.9 Å². The maximum atomic E-state index is 11.3. The summed E-state index contributed by atoms with van der Waals surface area (Å²) in [6.45, 7) is 3.12. The molecule has 2 aromatic heterocycles. The van der Waals surface area contributed by atoms with Crippen LogP contribution < -0.4 is 11.5 Å². The highest BCUT2D eigenvalue weighted by Gasteiger charge is 2.21. The van der Waals surface area contributed by atoms with E-state index in [0.717, 1.165) is 11.3 Å². The molecule has 1 unspecified atom stereocenters. The van der Waals surface area contributed by atoms with E-state index in [1.807, 2.05) is 0 Å². The summed E-state index contributed by atoms with van der Waals surface area (Å²) in [5.74, 6) is -1.07. The Balaban J connectivity index is 2.22. The number of nitrogens with one attached hydrogen (secondary N) is 1. The second-order valence-corrected chi connectivity index (χ2v) is 5.25. The van der Waals surface area contributed by atoms with Gasteiger partial charge in [0, 0.05) is 12.3 Å². The molecule has 1 amide bonds. The van der Waals surface area contributed by atoms with Crippen LogP contribution in [0.3, 0.4) is 0 Å². The zero-order valence-corrected chi connectivity index (χ0v) is 12.9. The van der Waals surface area contributed by atoms with Crippen LogP contribution in [0.15, 0.2) is 16.7 Å². The van der Waals surface area contributed by atoms with Crippen LogP contribution in [0.25, 0.3) is 0 Å². The Labute approximate surface area is 133 Å². The summed E-state index contributed by atoms with van der Waals surface area (Å²) in [5.41, 5.74) is 12.5. The van der Waals surface area contributed by atoms with Crippen LogP contribution in [0, 0.1) is 17.0 Å². The SMILES string of the molecule is Cc1nc([N+](=O)[O-])cn1C(C)O/N=C(\C([NH])=O)c1csc(N)n1. The van der Waals surface area contributed by atoms with Crippen LogP contribution in [0.5, 0.6) is 0 Å². The smallest absolute Gasteiger partial charge is 0.375 e. The Morgan fingerprint density at radius 1 is 1.61 bits per heavy atom. The molecule has 0 aromatic carbocycles. The van der Waals surface area contributed by atoms with Crippen molar-refractivity contribution in [3.8, 4) is 0 Å². The number of carbonyl (C=O) groups excluding carboxylic acids is 1. The van der Waals surface area contributed by atoms with Crippen molar-refractivity contribution < 1.29 is 14.6 Å². The van der Waals surface area contributed by atoms with Crippen molar-refractivity contribution in [1.82, 2.24) is 20.3 Å². The van der Waals surface area contributed by atoms with Gasteiger partial charge in [0.05, 0.1) is 0 Å². The molecule has 2 aromatic rings. The number of imidazole rings is 1. The number of aromatic nitrogens is 3. The second-order valence-electron chi connectivity index (χ2n) is 4.36. The van der Waals surface area contributed by atoms with Gasteiger partial charge in [-0.1, -0.05) is 5.16 Å². The number of thiazole rings is 1. The number of nitro groups is 1. The first kappa shape index (κ1) is 16.4. The number of aryl methyl sites for hydroxylation is 1. The molecule has 2 heterocycles. The molecule has 0 fully saturated rings. The summed E-state index contributed by atoms with van der Waals surface area (Å²) in [6.07, 6.45) is 0.417. The fourth-order valence-electron chi connectivity index (χ4n) is 1.71. The van der Waals surface area contributed by atoms with Gasteiger partial charge in [-0.25, -0.2) is 4.98 Å². The van der Waals surface area contributed by atoms with E-state index >= 15 is 0 Å². The monoisotopic (exact) mass is 338 g/mol. The van der Waals surface area contributed by atoms with E-state index in [1.165, 1.54) is 16.1 Å². The Morgan fingerprint density at radius 3 is 2.78 bits per heavy atom. The maximum absolute atomic E-state index is 11.3. The highest BCUT2D eigenvalue weighted by Crippen LogP contribution is 2.18. The minimum atomic E-state index is -1.09. The molecule has 23 heavy (non-hydrogen) atoms. The average molecular weight is 338 g/mol. The Hall–Kier alpha value is -3.02. The number of hydrogen-bond acceptors (Lipinski definition) is 9. The lowest BCUT2D eigenvalue weighted by molar-refractivity contribution is -0.389. The molecule has 12 heteroatoms. The Morgan fingerprint density at radius 2 is 2.30 bits per heavy atom. The fourth-order valence-corrected chi connectivity index (χ4v) is 2.25. The molecule has 0 saturated carbocycles. The third-order valence-corrected chi connectivity index (χ3v) is 3.43. The van der Waals surface area contributed by atoms with Gasteiger partial charge in [0.25, 0.3) is 5.91 Å². The molecule has 3 N–H and O–H groups in total. The molecule has 2 rings (SSSR count). The third-order valence-electron chi connectivity index (χ3n) is 2.76. The van der Waals surface area contributed by atoms with Gasteiger partial charge in [-0.3, -0.25) is 15.1 Å². The first-order valence-electron chi connectivity index (χ1n) is 6.20. The summed E-state index contributed by atoms with van der Waals surface area (Å²) < 4.78 is 1.38. The molecule has 0 spiro atoms. The lowest BCUT2D eigenvalue weighted by Gasteiger charge is -2.11. The van der Waals surface area contributed by atoms with Gasteiger partial charge in [0.2, 0.25) is 12.1 Å². The summed E-state index contributed by atoms with van der Waals surface area (Å²) >= 11 is 1.09. The van der Waals surface area contributed by atoms with Crippen molar-refractivity contribution in [1.29, 1.82) is 0 Å². The number of nitrogen functional groups attached to an aromatic ring is 1. The number of hydrogen-bond donors (Lipinski definition) is 1. The number of carbonyl (C=O) groups is 1. The van der Waals surface area contributed by atoms with E-state index < -0.39 is 17.1 Å². The van der Waals surface area contributed by atoms with E-state index in [-0.39, 0.29) is 22.4 Å². The maximum Gasteiger partial charge on any atom is 0.381 e. The van der Waals surface area contributed by atoms with Crippen LogP contribution in [0.2, 0.25) is 0 Å². The van der Waals surface area contributed by atoms with Gasteiger partial charge >= 0.3 is 5.82 Å². The van der Waals surface area contributed by atoms with Gasteiger partial charge in [-0.15, -0.1) is 11.3 Å². The van der Waals surface area contributed by atoms with E-state index in [2.05, 4.69) is 15.1 Å². The number of oxime groups is 1. The zero-order valence-electron chi connectivity index (χ0n) is 12.1. The van der Waals surface area contributed by atoms with Crippen LogP contribution in [0.1, 0.15) is 24.7 Å². The largest absolute Gasteiger partial charge is 0.381 e. The van der Waals surface area contributed by atoms with Gasteiger partial charge in [-0.05, 0) is 16.8 Å². The zero-order chi connectivity index (χ0) is 17.1. The molecule has 0 saturated heterocycles. The average Bonchev–Trinajstić information content (AvgIpc) is 3.05. The molecule has 1 radical (unpaired) electrons. The van der Waals surface area contributed by atoms with Gasteiger partial charge in [0.15, 0.2) is 10.8 Å². The van der Waals surface area contributed by atoms with Crippen molar-refractivity contribution in [3.63, 3.8) is 0 Å². The summed E-state index contributed by atoms with van der Waals surface area (Å²) in [4.78, 5) is 34.2. The molecule has 0 aliphatic rings. The van der Waals surface area contributed by atoms with Gasteiger partial charge in [-0.2, -0.15) is 0 Å². The number of anilines is 1. The molecule has 0 bridgehead atoms. The molecule has 121 valence electrons. The second kappa shape index (κ2) is 6.39. The molecule has 11 nitrogen and oxygen atoms in total. The van der Waals surface area contributed by atoms with E-state index in [1.54, 1.807) is 13.8 Å². The highest BCUT2D eigenvalue weighted by molar-refractivity contribution is 7.13. The van der Waals surface area contributed by atoms with Crippen molar-refractivity contribution in [2.75, 3.05) is 5.73 Å². The molecule has 1 atom stereocenters.